The molecular formula is C25H27ClN2O2S. The third-order valence-electron chi connectivity index (χ3n) is 5.57. The molecule has 2 aromatic carbocycles. The van der Waals surface area contributed by atoms with Gasteiger partial charge in [-0.3, -0.25) is 9.69 Å². The summed E-state index contributed by atoms with van der Waals surface area (Å²) in [6.07, 6.45) is 0. The van der Waals surface area contributed by atoms with Gasteiger partial charge < -0.3 is 9.64 Å². The Morgan fingerprint density at radius 2 is 1.74 bits per heavy atom. The lowest BCUT2D eigenvalue weighted by Crippen LogP contribution is -2.48. The molecule has 0 N–H and O–H groups in total. The predicted molar refractivity (Wildman–Crippen MR) is 127 cm³/mol. The van der Waals surface area contributed by atoms with Gasteiger partial charge in [-0.2, -0.15) is 0 Å². The van der Waals surface area contributed by atoms with Crippen molar-refractivity contribution in [2.75, 3.05) is 26.2 Å². The summed E-state index contributed by atoms with van der Waals surface area (Å²) in [6, 6.07) is 16.1. The van der Waals surface area contributed by atoms with Crippen molar-refractivity contribution in [1.29, 1.82) is 0 Å². The average Bonchev–Trinajstić information content (AvgIpc) is 3.24. The lowest BCUT2D eigenvalue weighted by Gasteiger charge is -2.34. The molecule has 1 aliphatic rings. The van der Waals surface area contributed by atoms with Gasteiger partial charge in [-0.05, 0) is 54.6 Å². The Balaban J connectivity index is 1.28. The van der Waals surface area contributed by atoms with Gasteiger partial charge in [0.15, 0.2) is 0 Å². The number of ether oxygens (including phenoxy) is 1. The van der Waals surface area contributed by atoms with Crippen LogP contribution >= 0.6 is 22.9 Å². The van der Waals surface area contributed by atoms with Gasteiger partial charge in [-0.25, -0.2) is 0 Å². The second-order valence-corrected chi connectivity index (χ2v) is 9.42. The van der Waals surface area contributed by atoms with Gasteiger partial charge >= 0.3 is 0 Å². The highest BCUT2D eigenvalue weighted by Gasteiger charge is 2.23. The molecule has 31 heavy (non-hydrogen) atoms. The first kappa shape index (κ1) is 21.9. The summed E-state index contributed by atoms with van der Waals surface area (Å²) in [5.74, 6) is 1.01. The summed E-state index contributed by atoms with van der Waals surface area (Å²) in [7, 11) is 0. The number of thiophene rings is 1. The van der Waals surface area contributed by atoms with Crippen molar-refractivity contribution in [2.24, 2.45) is 0 Å². The largest absolute Gasteiger partial charge is 0.489 e. The molecule has 0 aliphatic carbocycles. The van der Waals surface area contributed by atoms with Crippen molar-refractivity contribution in [3.05, 3.63) is 86.1 Å². The van der Waals surface area contributed by atoms with Crippen LogP contribution in [0, 0.1) is 13.8 Å². The molecule has 0 unspecified atom stereocenters. The smallest absolute Gasteiger partial charge is 0.264 e. The van der Waals surface area contributed by atoms with E-state index in [1.54, 1.807) is 0 Å². The van der Waals surface area contributed by atoms with E-state index in [2.05, 4.69) is 43.0 Å². The molecule has 6 heteroatoms. The van der Waals surface area contributed by atoms with Crippen LogP contribution in [0.25, 0.3) is 0 Å². The van der Waals surface area contributed by atoms with E-state index in [-0.39, 0.29) is 5.91 Å². The molecule has 2 heterocycles. The maximum atomic E-state index is 12.9. The predicted octanol–water partition coefficient (Wildman–Crippen LogP) is 5.56. The number of hydrogen-bond donors (Lipinski definition) is 0. The molecule has 4 rings (SSSR count). The number of carbonyl (C=O) groups excluding carboxylic acids is 1. The minimum atomic E-state index is 0.119. The van der Waals surface area contributed by atoms with Crippen LogP contribution in [-0.4, -0.2) is 41.9 Å². The third-order valence-corrected chi connectivity index (χ3v) is 6.79. The molecule has 3 aromatic rings. The summed E-state index contributed by atoms with van der Waals surface area (Å²) in [4.78, 5) is 18.1. The van der Waals surface area contributed by atoms with E-state index in [0.717, 1.165) is 59.5 Å². The van der Waals surface area contributed by atoms with Crippen LogP contribution in [0.1, 0.15) is 31.9 Å². The zero-order valence-electron chi connectivity index (χ0n) is 17.9. The number of aryl methyl sites for hydroxylation is 2. The minimum absolute atomic E-state index is 0.119. The van der Waals surface area contributed by atoms with E-state index in [9.17, 15) is 4.79 Å². The van der Waals surface area contributed by atoms with Gasteiger partial charge in [0.25, 0.3) is 5.91 Å². The standard InChI is InChI=1S/C25H27ClN2O2S/c1-18-3-8-23(19(2)13-18)30-16-21-14-24(31-17-21)25(29)28-11-9-27(10-12-28)15-20-4-6-22(26)7-5-20/h3-8,13-14,17H,9-12,15-16H2,1-2H3. The number of amides is 1. The molecule has 1 aromatic heterocycles. The molecule has 0 saturated carbocycles. The fourth-order valence-electron chi connectivity index (χ4n) is 3.80. The summed E-state index contributed by atoms with van der Waals surface area (Å²) in [5.41, 5.74) is 4.63. The highest BCUT2D eigenvalue weighted by atomic mass is 35.5. The molecule has 0 spiro atoms. The Kier molecular flexibility index (Phi) is 6.96. The van der Waals surface area contributed by atoms with E-state index in [4.69, 9.17) is 16.3 Å². The first-order chi connectivity index (χ1) is 15.0. The number of piperazine rings is 1. The lowest BCUT2D eigenvalue weighted by molar-refractivity contribution is 0.0633. The molecule has 4 nitrogen and oxygen atoms in total. The second kappa shape index (κ2) is 9.86. The van der Waals surface area contributed by atoms with Gasteiger partial charge in [0.05, 0.1) is 4.88 Å². The first-order valence-electron chi connectivity index (χ1n) is 10.5. The quantitative estimate of drug-likeness (QED) is 0.489. The Bertz CT molecular complexity index is 1040. The fourth-order valence-corrected chi connectivity index (χ4v) is 4.79. The summed E-state index contributed by atoms with van der Waals surface area (Å²) in [6.45, 7) is 8.74. The summed E-state index contributed by atoms with van der Waals surface area (Å²) >= 11 is 7.47. The van der Waals surface area contributed by atoms with Crippen LogP contribution in [0.2, 0.25) is 5.02 Å². The normalized spacial score (nSPS) is 14.6. The number of carbonyl (C=O) groups is 1. The van der Waals surface area contributed by atoms with Crippen molar-refractivity contribution < 1.29 is 9.53 Å². The third kappa shape index (κ3) is 5.67. The fraction of sp³-hybridized carbons (Fsp3) is 0.320. The van der Waals surface area contributed by atoms with Crippen LogP contribution in [-0.2, 0) is 13.2 Å². The summed E-state index contributed by atoms with van der Waals surface area (Å²) in [5, 5.41) is 2.78. The minimum Gasteiger partial charge on any atom is -0.489 e. The van der Waals surface area contributed by atoms with Crippen LogP contribution in [0.3, 0.4) is 0 Å². The Morgan fingerprint density at radius 1 is 1.00 bits per heavy atom. The molecule has 0 radical (unpaired) electrons. The molecule has 162 valence electrons. The van der Waals surface area contributed by atoms with Crippen molar-refractivity contribution >= 4 is 28.8 Å². The Labute approximate surface area is 193 Å². The molecule has 1 aliphatic heterocycles. The van der Waals surface area contributed by atoms with Crippen molar-refractivity contribution in [3.63, 3.8) is 0 Å². The molecule has 0 bridgehead atoms. The average molecular weight is 455 g/mol. The number of halogens is 1. The second-order valence-electron chi connectivity index (χ2n) is 8.07. The van der Waals surface area contributed by atoms with E-state index in [1.807, 2.05) is 34.5 Å². The molecule has 1 saturated heterocycles. The molecule has 0 atom stereocenters. The number of hydrogen-bond acceptors (Lipinski definition) is 4. The molecule has 1 fully saturated rings. The zero-order valence-corrected chi connectivity index (χ0v) is 19.5. The van der Waals surface area contributed by atoms with E-state index < -0.39 is 0 Å². The molecular weight excluding hydrogens is 428 g/mol. The lowest BCUT2D eigenvalue weighted by atomic mass is 10.1. The van der Waals surface area contributed by atoms with Crippen LogP contribution < -0.4 is 4.74 Å². The maximum Gasteiger partial charge on any atom is 0.264 e. The number of nitrogens with zero attached hydrogens (tertiary/aromatic N) is 2. The number of benzene rings is 2. The highest BCUT2D eigenvalue weighted by Crippen LogP contribution is 2.23. The van der Waals surface area contributed by atoms with Crippen LogP contribution in [0.5, 0.6) is 5.75 Å². The SMILES string of the molecule is Cc1ccc(OCc2csc(C(=O)N3CCN(Cc4ccc(Cl)cc4)CC3)c2)c(C)c1. The number of rotatable bonds is 6. The summed E-state index contributed by atoms with van der Waals surface area (Å²) < 4.78 is 5.96. The van der Waals surface area contributed by atoms with Crippen molar-refractivity contribution in [1.82, 2.24) is 9.80 Å². The maximum absolute atomic E-state index is 12.9. The first-order valence-corrected chi connectivity index (χ1v) is 11.8. The van der Waals surface area contributed by atoms with Gasteiger partial charge in [0.2, 0.25) is 0 Å². The molecule has 1 amide bonds. The van der Waals surface area contributed by atoms with Crippen molar-refractivity contribution in [2.45, 2.75) is 27.0 Å². The van der Waals surface area contributed by atoms with Gasteiger partial charge in [0, 0.05) is 43.3 Å². The highest BCUT2D eigenvalue weighted by molar-refractivity contribution is 7.12. The zero-order chi connectivity index (χ0) is 21.8. The van der Waals surface area contributed by atoms with Crippen molar-refractivity contribution in [3.8, 4) is 5.75 Å². The van der Waals surface area contributed by atoms with Crippen LogP contribution in [0.4, 0.5) is 0 Å². The Hall–Kier alpha value is -2.34. The van der Waals surface area contributed by atoms with Gasteiger partial charge in [-0.1, -0.05) is 41.4 Å². The van der Waals surface area contributed by atoms with E-state index in [1.165, 1.54) is 22.5 Å². The monoisotopic (exact) mass is 454 g/mol. The van der Waals surface area contributed by atoms with E-state index in [0.29, 0.717) is 6.61 Å². The van der Waals surface area contributed by atoms with Gasteiger partial charge in [0.1, 0.15) is 12.4 Å². The van der Waals surface area contributed by atoms with E-state index >= 15 is 0 Å². The Morgan fingerprint density at radius 3 is 2.45 bits per heavy atom. The van der Waals surface area contributed by atoms with Gasteiger partial charge in [-0.15, -0.1) is 11.3 Å². The topological polar surface area (TPSA) is 32.8 Å². The van der Waals surface area contributed by atoms with Crippen LogP contribution in [0.15, 0.2) is 53.9 Å².